The van der Waals surface area contributed by atoms with E-state index in [1.54, 1.807) is 12.1 Å². The van der Waals surface area contributed by atoms with E-state index < -0.39 is 0 Å². The normalized spacial score (nSPS) is 11.7. The van der Waals surface area contributed by atoms with Crippen LogP contribution in [0.4, 0.5) is 0 Å². The summed E-state index contributed by atoms with van der Waals surface area (Å²) in [4.78, 5) is 12.4. The second kappa shape index (κ2) is 12.5. The van der Waals surface area contributed by atoms with Gasteiger partial charge in [-0.05, 0) is 37.1 Å². The highest BCUT2D eigenvalue weighted by Crippen LogP contribution is 2.14. The maximum Gasteiger partial charge on any atom is 0.216 e. The van der Waals surface area contributed by atoms with Gasteiger partial charge in [0.15, 0.2) is 0 Å². The molecule has 0 unspecified atom stereocenters. The minimum atomic E-state index is 0.203. The van der Waals surface area contributed by atoms with Crippen molar-refractivity contribution in [2.45, 2.75) is 71.1 Å². The first-order valence-corrected chi connectivity index (χ1v) is 10.4. The first-order chi connectivity index (χ1) is 11.9. The molecular formula is C22H37ClNO+. The number of rotatable bonds is 14. The van der Waals surface area contributed by atoms with E-state index in [2.05, 4.69) is 21.0 Å². The molecule has 0 amide bonds. The van der Waals surface area contributed by atoms with Crippen molar-refractivity contribution in [3.8, 4) is 0 Å². The maximum absolute atomic E-state index is 12.4. The van der Waals surface area contributed by atoms with Gasteiger partial charge in [0, 0.05) is 10.6 Å². The SMILES string of the molecule is CCCCCCCCCCCC[N+](C)(C)CC(=O)c1ccc(Cl)cc1. The van der Waals surface area contributed by atoms with Crippen molar-refractivity contribution in [2.75, 3.05) is 27.2 Å². The van der Waals surface area contributed by atoms with Crippen molar-refractivity contribution in [1.82, 2.24) is 0 Å². The van der Waals surface area contributed by atoms with E-state index in [0.29, 0.717) is 11.6 Å². The average molecular weight is 367 g/mol. The lowest BCUT2D eigenvalue weighted by molar-refractivity contribution is -0.882. The summed E-state index contributed by atoms with van der Waals surface area (Å²) in [5.41, 5.74) is 0.763. The molecule has 0 aromatic heterocycles. The summed E-state index contributed by atoms with van der Waals surface area (Å²) < 4.78 is 0.762. The highest BCUT2D eigenvalue weighted by Gasteiger charge is 2.20. The molecule has 1 rings (SSSR count). The Bertz CT molecular complexity index is 481. The second-order valence-corrected chi connectivity index (χ2v) is 8.37. The zero-order valence-electron chi connectivity index (χ0n) is 16.5. The third-order valence-electron chi connectivity index (χ3n) is 4.85. The molecule has 0 aliphatic heterocycles. The zero-order valence-corrected chi connectivity index (χ0v) is 17.3. The van der Waals surface area contributed by atoms with E-state index in [1.807, 2.05) is 12.1 Å². The molecule has 0 aliphatic carbocycles. The van der Waals surface area contributed by atoms with Gasteiger partial charge in [-0.3, -0.25) is 4.79 Å². The van der Waals surface area contributed by atoms with Crippen LogP contribution in [0.5, 0.6) is 0 Å². The van der Waals surface area contributed by atoms with Gasteiger partial charge in [0.1, 0.15) is 6.54 Å². The zero-order chi connectivity index (χ0) is 18.5. The molecule has 2 nitrogen and oxygen atoms in total. The number of likely N-dealkylation sites (N-methyl/N-ethyl adjacent to an activating group) is 1. The lowest BCUT2D eigenvalue weighted by atomic mass is 10.1. The quantitative estimate of drug-likeness (QED) is 0.208. The van der Waals surface area contributed by atoms with E-state index in [0.717, 1.165) is 16.6 Å². The molecule has 25 heavy (non-hydrogen) atoms. The van der Waals surface area contributed by atoms with Gasteiger partial charge in [-0.2, -0.15) is 0 Å². The number of hydrogen-bond acceptors (Lipinski definition) is 1. The summed E-state index contributed by atoms with van der Waals surface area (Å²) in [6, 6.07) is 7.23. The fraction of sp³-hybridized carbons (Fsp3) is 0.682. The van der Waals surface area contributed by atoms with Crippen LogP contribution in [0, 0.1) is 0 Å². The maximum atomic E-state index is 12.4. The molecular weight excluding hydrogens is 330 g/mol. The van der Waals surface area contributed by atoms with Crippen molar-refractivity contribution in [2.24, 2.45) is 0 Å². The van der Waals surface area contributed by atoms with Gasteiger partial charge in [0.2, 0.25) is 5.78 Å². The second-order valence-electron chi connectivity index (χ2n) is 7.93. The monoisotopic (exact) mass is 366 g/mol. The first-order valence-electron chi connectivity index (χ1n) is 10.1. The van der Waals surface area contributed by atoms with Gasteiger partial charge in [-0.1, -0.05) is 69.9 Å². The summed E-state index contributed by atoms with van der Waals surface area (Å²) in [5.74, 6) is 0.203. The highest BCUT2D eigenvalue weighted by molar-refractivity contribution is 6.30. The number of halogens is 1. The van der Waals surface area contributed by atoms with E-state index >= 15 is 0 Å². The summed E-state index contributed by atoms with van der Waals surface area (Å²) in [7, 11) is 4.31. The number of hydrogen-bond donors (Lipinski definition) is 0. The number of unbranched alkanes of at least 4 members (excludes halogenated alkanes) is 9. The summed E-state index contributed by atoms with van der Waals surface area (Å²) in [6.45, 7) is 3.89. The van der Waals surface area contributed by atoms with Crippen molar-refractivity contribution in [1.29, 1.82) is 0 Å². The number of Topliss-reactive ketones (excluding diaryl/α,β-unsaturated/α-hetero) is 1. The van der Waals surface area contributed by atoms with Crippen LogP contribution in [0.15, 0.2) is 24.3 Å². The predicted molar refractivity (Wildman–Crippen MR) is 109 cm³/mol. The summed E-state index contributed by atoms with van der Waals surface area (Å²) >= 11 is 5.89. The Morgan fingerprint density at radius 3 is 1.84 bits per heavy atom. The van der Waals surface area contributed by atoms with E-state index in [1.165, 1.54) is 64.2 Å². The number of benzene rings is 1. The molecule has 142 valence electrons. The Labute approximate surface area is 160 Å². The van der Waals surface area contributed by atoms with Crippen molar-refractivity contribution in [3.05, 3.63) is 34.9 Å². The van der Waals surface area contributed by atoms with Gasteiger partial charge in [0.05, 0.1) is 20.6 Å². The van der Waals surface area contributed by atoms with Crippen molar-refractivity contribution in [3.63, 3.8) is 0 Å². The lowest BCUT2D eigenvalue weighted by Gasteiger charge is -2.29. The standard InChI is InChI=1S/C22H37ClNO/c1-4-5-6-7-8-9-10-11-12-13-18-24(2,3)19-22(25)20-14-16-21(23)17-15-20/h14-17H,4-13,18-19H2,1-3H3/q+1. The van der Waals surface area contributed by atoms with Crippen LogP contribution in [0.3, 0.4) is 0 Å². The van der Waals surface area contributed by atoms with E-state index in [9.17, 15) is 4.79 Å². The van der Waals surface area contributed by atoms with Crippen LogP contribution in [-0.2, 0) is 0 Å². The Balaban J connectivity index is 2.12. The van der Waals surface area contributed by atoms with Gasteiger partial charge >= 0.3 is 0 Å². The topological polar surface area (TPSA) is 17.1 Å². The number of carbonyl (C=O) groups excluding carboxylic acids is 1. The smallest absolute Gasteiger partial charge is 0.216 e. The average Bonchev–Trinajstić information content (AvgIpc) is 2.56. The van der Waals surface area contributed by atoms with Gasteiger partial charge in [-0.15, -0.1) is 0 Å². The Kier molecular flexibility index (Phi) is 11.1. The summed E-state index contributed by atoms with van der Waals surface area (Å²) in [6.07, 6.45) is 13.5. The van der Waals surface area contributed by atoms with E-state index in [-0.39, 0.29) is 5.78 Å². The highest BCUT2D eigenvalue weighted by atomic mass is 35.5. The lowest BCUT2D eigenvalue weighted by Crippen LogP contribution is -2.44. The molecule has 0 N–H and O–H groups in total. The van der Waals surface area contributed by atoms with Crippen LogP contribution in [0.2, 0.25) is 5.02 Å². The molecule has 0 spiro atoms. The molecule has 0 saturated carbocycles. The molecule has 0 heterocycles. The van der Waals surface area contributed by atoms with Crippen LogP contribution in [0.1, 0.15) is 81.5 Å². The molecule has 0 fully saturated rings. The van der Waals surface area contributed by atoms with Crippen LogP contribution in [-0.4, -0.2) is 37.5 Å². The molecule has 0 atom stereocenters. The Morgan fingerprint density at radius 1 is 0.840 bits per heavy atom. The summed E-state index contributed by atoms with van der Waals surface area (Å²) in [5, 5.41) is 0.677. The Hall–Kier alpha value is -0.860. The van der Waals surface area contributed by atoms with Crippen LogP contribution in [0.25, 0.3) is 0 Å². The molecule has 0 saturated heterocycles. The van der Waals surface area contributed by atoms with Crippen LogP contribution < -0.4 is 0 Å². The molecule has 0 bridgehead atoms. The molecule has 1 aromatic carbocycles. The number of ketones is 1. The minimum absolute atomic E-state index is 0.203. The van der Waals surface area contributed by atoms with Crippen molar-refractivity contribution < 1.29 is 9.28 Å². The molecule has 1 aromatic rings. The van der Waals surface area contributed by atoms with E-state index in [4.69, 9.17) is 11.6 Å². The Morgan fingerprint density at radius 2 is 1.32 bits per heavy atom. The minimum Gasteiger partial charge on any atom is -0.322 e. The fourth-order valence-corrected chi connectivity index (χ4v) is 3.35. The molecule has 0 aliphatic rings. The van der Waals surface area contributed by atoms with Gasteiger partial charge < -0.3 is 4.48 Å². The molecule has 3 heteroatoms. The first kappa shape index (κ1) is 22.2. The number of quaternary nitrogens is 1. The number of carbonyl (C=O) groups is 1. The molecule has 0 radical (unpaired) electrons. The predicted octanol–water partition coefficient (Wildman–Crippen LogP) is 6.52. The van der Waals surface area contributed by atoms with Crippen molar-refractivity contribution >= 4 is 17.4 Å². The third kappa shape index (κ3) is 10.7. The number of nitrogens with zero attached hydrogens (tertiary/aromatic N) is 1. The largest absolute Gasteiger partial charge is 0.322 e. The third-order valence-corrected chi connectivity index (χ3v) is 5.11. The fourth-order valence-electron chi connectivity index (χ4n) is 3.22. The van der Waals surface area contributed by atoms with Crippen LogP contribution >= 0.6 is 11.6 Å². The van der Waals surface area contributed by atoms with Gasteiger partial charge in [-0.25, -0.2) is 0 Å². The van der Waals surface area contributed by atoms with Gasteiger partial charge in [0.25, 0.3) is 0 Å².